The van der Waals surface area contributed by atoms with Gasteiger partial charge in [-0.15, -0.1) is 0 Å². The highest BCUT2D eigenvalue weighted by molar-refractivity contribution is 5.93. The Morgan fingerprint density at radius 3 is 1.82 bits per heavy atom. The summed E-state index contributed by atoms with van der Waals surface area (Å²) in [6.07, 6.45) is 3.99. The van der Waals surface area contributed by atoms with Crippen molar-refractivity contribution in [3.8, 4) is 16.9 Å². The number of esters is 2. The number of ether oxygens (including phenoxy) is 2. The summed E-state index contributed by atoms with van der Waals surface area (Å²) in [6.45, 7) is 3.90. The minimum Gasteiger partial charge on any atom is -0.449 e. The molecule has 3 aromatic carbocycles. The summed E-state index contributed by atoms with van der Waals surface area (Å²) in [5.74, 6) is -5.05. The molecule has 0 unspecified atom stereocenters. The van der Waals surface area contributed by atoms with Crippen LogP contribution in [-0.4, -0.2) is 24.2 Å². The maximum absolute atomic E-state index is 14.9. The summed E-state index contributed by atoms with van der Waals surface area (Å²) in [5.41, 5.74) is 1.40. The number of unbranched alkanes of at least 4 members (excludes halogenated alkanes) is 8. The van der Waals surface area contributed by atoms with E-state index in [1.165, 1.54) is 62.6 Å². The van der Waals surface area contributed by atoms with Crippen molar-refractivity contribution >= 4 is 11.9 Å². The van der Waals surface area contributed by atoms with E-state index in [0.29, 0.717) is 18.1 Å². The Morgan fingerprint density at radius 1 is 0.667 bits per heavy atom. The van der Waals surface area contributed by atoms with Gasteiger partial charge in [-0.2, -0.15) is 13.2 Å². The van der Waals surface area contributed by atoms with Crippen LogP contribution in [0.15, 0.2) is 60.7 Å². The van der Waals surface area contributed by atoms with E-state index in [9.17, 15) is 31.5 Å². The van der Waals surface area contributed by atoms with Crippen molar-refractivity contribution in [1.82, 2.24) is 0 Å². The first kappa shape index (κ1) is 35.7. The van der Waals surface area contributed by atoms with Crippen LogP contribution in [0.4, 0.5) is 22.0 Å². The van der Waals surface area contributed by atoms with Gasteiger partial charge < -0.3 is 9.47 Å². The van der Waals surface area contributed by atoms with E-state index < -0.39 is 53.4 Å². The van der Waals surface area contributed by atoms with Gasteiger partial charge in [0.1, 0.15) is 17.4 Å². The molecule has 1 atom stereocenters. The first-order chi connectivity index (χ1) is 21.5. The van der Waals surface area contributed by atoms with E-state index in [1.807, 2.05) is 24.3 Å². The van der Waals surface area contributed by atoms with E-state index in [4.69, 9.17) is 4.74 Å². The predicted molar refractivity (Wildman–Crippen MR) is 164 cm³/mol. The lowest BCUT2D eigenvalue weighted by atomic mass is 9.99. The number of halogens is 5. The second kappa shape index (κ2) is 17.7. The van der Waals surface area contributed by atoms with Crippen LogP contribution in [0.5, 0.6) is 5.75 Å². The van der Waals surface area contributed by atoms with Crippen molar-refractivity contribution in [2.45, 2.75) is 103 Å². The molecule has 0 saturated heterocycles. The molecular formula is C36H41F5O4. The third-order valence-electron chi connectivity index (χ3n) is 7.60. The van der Waals surface area contributed by atoms with E-state index in [1.54, 1.807) is 13.0 Å². The molecule has 0 N–H and O–H groups in total. The fraction of sp³-hybridized carbons (Fsp3) is 0.444. The second-order valence-corrected chi connectivity index (χ2v) is 11.2. The quantitative estimate of drug-likeness (QED) is 0.0643. The lowest BCUT2D eigenvalue weighted by Gasteiger charge is -2.20. The van der Waals surface area contributed by atoms with E-state index >= 15 is 0 Å². The van der Waals surface area contributed by atoms with Gasteiger partial charge in [0.15, 0.2) is 6.10 Å². The number of aryl methyl sites for hydroxylation is 1. The summed E-state index contributed by atoms with van der Waals surface area (Å²) in [7, 11) is 0. The van der Waals surface area contributed by atoms with Crippen LogP contribution in [0.25, 0.3) is 11.1 Å². The average Bonchev–Trinajstić information content (AvgIpc) is 3.00. The van der Waals surface area contributed by atoms with Gasteiger partial charge in [0.25, 0.3) is 0 Å². The van der Waals surface area contributed by atoms with Crippen molar-refractivity contribution in [2.75, 3.05) is 0 Å². The first-order valence-electron chi connectivity index (χ1n) is 15.7. The van der Waals surface area contributed by atoms with Gasteiger partial charge in [0, 0.05) is 6.07 Å². The van der Waals surface area contributed by atoms with Gasteiger partial charge >= 0.3 is 18.1 Å². The zero-order chi connectivity index (χ0) is 32.8. The molecular weight excluding hydrogens is 591 g/mol. The normalized spacial score (nSPS) is 12.2. The summed E-state index contributed by atoms with van der Waals surface area (Å²) < 4.78 is 78.7. The molecule has 0 aliphatic carbocycles. The maximum atomic E-state index is 14.9. The Hall–Kier alpha value is -3.75. The number of hydrogen-bond donors (Lipinski definition) is 0. The molecule has 244 valence electrons. The van der Waals surface area contributed by atoms with Crippen LogP contribution in [0.2, 0.25) is 0 Å². The summed E-state index contributed by atoms with van der Waals surface area (Å²) >= 11 is 0. The number of carbonyl (C=O) groups is 2. The van der Waals surface area contributed by atoms with Crippen LogP contribution < -0.4 is 4.74 Å². The highest BCUT2D eigenvalue weighted by Gasteiger charge is 2.42. The smallest absolute Gasteiger partial charge is 0.425 e. The highest BCUT2D eigenvalue weighted by Crippen LogP contribution is 2.29. The molecule has 0 bridgehead atoms. The topological polar surface area (TPSA) is 52.6 Å². The molecule has 3 rings (SSSR count). The van der Waals surface area contributed by atoms with Crippen molar-refractivity contribution in [1.29, 1.82) is 0 Å². The number of carbonyl (C=O) groups excluding carboxylic acids is 2. The van der Waals surface area contributed by atoms with Crippen LogP contribution >= 0.6 is 0 Å². The molecule has 0 spiro atoms. The Kier molecular flexibility index (Phi) is 14.0. The molecule has 0 amide bonds. The van der Waals surface area contributed by atoms with Crippen LogP contribution in [0.1, 0.15) is 111 Å². The Bertz CT molecular complexity index is 1390. The molecule has 0 saturated carbocycles. The summed E-state index contributed by atoms with van der Waals surface area (Å²) in [5, 5.41) is 0. The SMILES string of the molecule is CCCCCCCCCCc1ccc(-c2ccc(C(=O)Oc3ccc(C(=O)O[C@H](CCCC)C(F)(F)F)c(F)c3)c(F)c2)cc1. The summed E-state index contributed by atoms with van der Waals surface area (Å²) in [6, 6.07) is 14.4. The largest absolute Gasteiger partial charge is 0.449 e. The molecule has 0 heterocycles. The molecule has 0 aromatic heterocycles. The fourth-order valence-electron chi connectivity index (χ4n) is 4.95. The third kappa shape index (κ3) is 11.3. The van der Waals surface area contributed by atoms with Gasteiger partial charge in [-0.1, -0.05) is 95.5 Å². The number of alkyl halides is 3. The van der Waals surface area contributed by atoms with E-state index in [2.05, 4.69) is 11.7 Å². The van der Waals surface area contributed by atoms with Crippen molar-refractivity contribution in [2.24, 2.45) is 0 Å². The molecule has 0 aliphatic rings. The number of rotatable bonds is 17. The van der Waals surface area contributed by atoms with Crippen LogP contribution in [0, 0.1) is 11.6 Å². The molecule has 0 aliphatic heterocycles. The Labute approximate surface area is 261 Å². The van der Waals surface area contributed by atoms with Gasteiger partial charge in [-0.05, 0) is 66.6 Å². The average molecular weight is 633 g/mol. The maximum Gasteiger partial charge on any atom is 0.425 e. The van der Waals surface area contributed by atoms with Crippen molar-refractivity contribution in [3.05, 3.63) is 89.0 Å². The predicted octanol–water partition coefficient (Wildman–Crippen LogP) is 10.8. The van der Waals surface area contributed by atoms with Gasteiger partial charge in [0.05, 0.1) is 11.1 Å². The van der Waals surface area contributed by atoms with Gasteiger partial charge in [0.2, 0.25) is 0 Å². The van der Waals surface area contributed by atoms with E-state index in [0.717, 1.165) is 30.5 Å². The molecule has 3 aromatic rings. The number of hydrogen-bond acceptors (Lipinski definition) is 4. The molecule has 45 heavy (non-hydrogen) atoms. The van der Waals surface area contributed by atoms with Crippen LogP contribution in [0.3, 0.4) is 0 Å². The van der Waals surface area contributed by atoms with Crippen LogP contribution in [-0.2, 0) is 11.2 Å². The zero-order valence-corrected chi connectivity index (χ0v) is 25.9. The second-order valence-electron chi connectivity index (χ2n) is 11.2. The molecule has 0 radical (unpaired) electrons. The first-order valence-corrected chi connectivity index (χ1v) is 15.7. The van der Waals surface area contributed by atoms with E-state index in [-0.39, 0.29) is 12.2 Å². The Balaban J connectivity index is 1.56. The zero-order valence-electron chi connectivity index (χ0n) is 25.9. The molecule has 0 fully saturated rings. The minimum atomic E-state index is -4.80. The molecule has 9 heteroatoms. The molecule has 4 nitrogen and oxygen atoms in total. The van der Waals surface area contributed by atoms with Gasteiger partial charge in [-0.25, -0.2) is 18.4 Å². The number of benzene rings is 3. The monoisotopic (exact) mass is 632 g/mol. The minimum absolute atomic E-state index is 0.165. The standard InChI is InChI=1S/C36H41F5O4/c1-3-5-7-8-9-10-11-12-13-25-15-17-26(18-16-25)27-19-21-29(31(37)23-27)34(42)44-28-20-22-30(32(38)24-28)35(43)45-33(14-6-4-2)36(39,40)41/h15-24,33H,3-14H2,1-2H3/t33-/m1/s1. The van der Waals surface area contributed by atoms with Crippen molar-refractivity contribution < 1.29 is 41.0 Å². The third-order valence-corrected chi connectivity index (χ3v) is 7.60. The Morgan fingerprint density at radius 2 is 1.22 bits per heavy atom. The highest BCUT2D eigenvalue weighted by atomic mass is 19.4. The lowest BCUT2D eigenvalue weighted by molar-refractivity contribution is -0.206. The van der Waals surface area contributed by atoms with Gasteiger partial charge in [-0.3, -0.25) is 0 Å². The lowest BCUT2D eigenvalue weighted by Crippen LogP contribution is -2.34. The van der Waals surface area contributed by atoms with Crippen molar-refractivity contribution in [3.63, 3.8) is 0 Å². The fourth-order valence-corrected chi connectivity index (χ4v) is 4.95. The summed E-state index contributed by atoms with van der Waals surface area (Å²) in [4.78, 5) is 24.9.